The number of piperidine rings is 1. The second kappa shape index (κ2) is 5.40. The lowest BCUT2D eigenvalue weighted by molar-refractivity contribution is 0.0914. The smallest absolute Gasteiger partial charge is 0.257 e. The molecule has 2 fully saturated rings. The molecular weight excluding hydrogens is 254 g/mol. The topological polar surface area (TPSA) is 65.2 Å². The van der Waals surface area contributed by atoms with Gasteiger partial charge < -0.3 is 10.3 Å². The largest absolute Gasteiger partial charge is 0.364 e. The average molecular weight is 275 g/mol. The second-order valence-corrected chi connectivity index (χ2v) is 5.86. The number of nitrogens with zero attached hydrogens (tertiary/aromatic N) is 1. The van der Waals surface area contributed by atoms with Gasteiger partial charge in [-0.05, 0) is 32.7 Å². The molecule has 2 aliphatic heterocycles. The minimum Gasteiger partial charge on any atom is -0.364 e. The standard InChI is InChI=1S/C15H21N3O2/c1-10-8-14(19)11(9-16-10)15(20)17-12-5-7-18-6-3-2-4-13(12)18/h8-9,12-13H,2-7H2,1H3,(H,16,19)(H,17,20). The summed E-state index contributed by atoms with van der Waals surface area (Å²) in [6.45, 7) is 4.00. The number of aromatic nitrogens is 1. The van der Waals surface area contributed by atoms with E-state index in [1.165, 1.54) is 25.1 Å². The van der Waals surface area contributed by atoms with Crippen LogP contribution in [-0.4, -0.2) is 41.0 Å². The number of amides is 1. The number of rotatable bonds is 2. The minimum absolute atomic E-state index is 0.184. The first-order chi connectivity index (χ1) is 9.65. The van der Waals surface area contributed by atoms with Crippen LogP contribution in [0.15, 0.2) is 17.1 Å². The molecule has 20 heavy (non-hydrogen) atoms. The van der Waals surface area contributed by atoms with Gasteiger partial charge in [-0.25, -0.2) is 0 Å². The maximum absolute atomic E-state index is 12.3. The third-order valence-electron chi connectivity index (χ3n) is 4.47. The first kappa shape index (κ1) is 13.4. The number of aryl methyl sites for hydroxylation is 1. The van der Waals surface area contributed by atoms with Crippen LogP contribution in [0.4, 0.5) is 0 Å². The molecule has 2 saturated heterocycles. The van der Waals surface area contributed by atoms with E-state index in [0.717, 1.165) is 31.6 Å². The number of hydrogen-bond donors (Lipinski definition) is 2. The summed E-state index contributed by atoms with van der Waals surface area (Å²) in [4.78, 5) is 29.5. The Balaban J connectivity index is 1.71. The lowest BCUT2D eigenvalue weighted by Crippen LogP contribution is -2.47. The molecule has 0 saturated carbocycles. The van der Waals surface area contributed by atoms with Crippen LogP contribution >= 0.6 is 0 Å². The van der Waals surface area contributed by atoms with Crippen molar-refractivity contribution in [3.8, 4) is 0 Å². The van der Waals surface area contributed by atoms with Crippen molar-refractivity contribution in [1.82, 2.24) is 15.2 Å². The Kier molecular flexibility index (Phi) is 3.61. The Morgan fingerprint density at radius 2 is 2.20 bits per heavy atom. The Hall–Kier alpha value is -1.62. The van der Waals surface area contributed by atoms with E-state index in [9.17, 15) is 9.59 Å². The summed E-state index contributed by atoms with van der Waals surface area (Å²) >= 11 is 0. The van der Waals surface area contributed by atoms with E-state index in [1.54, 1.807) is 6.92 Å². The van der Waals surface area contributed by atoms with Gasteiger partial charge in [0.2, 0.25) is 0 Å². The SMILES string of the molecule is Cc1cc(=O)c(C(=O)NC2CCN3CCCCC23)c[nH]1. The van der Waals surface area contributed by atoms with E-state index >= 15 is 0 Å². The molecular formula is C15H21N3O2. The summed E-state index contributed by atoms with van der Waals surface area (Å²) in [5, 5.41) is 3.05. The number of aromatic amines is 1. The predicted molar refractivity (Wildman–Crippen MR) is 76.9 cm³/mol. The monoisotopic (exact) mass is 275 g/mol. The Morgan fingerprint density at radius 1 is 1.35 bits per heavy atom. The molecule has 3 heterocycles. The zero-order chi connectivity index (χ0) is 14.1. The highest BCUT2D eigenvalue weighted by Gasteiger charge is 2.36. The van der Waals surface area contributed by atoms with Crippen molar-refractivity contribution in [3.05, 3.63) is 33.7 Å². The zero-order valence-electron chi connectivity index (χ0n) is 11.8. The highest BCUT2D eigenvalue weighted by Crippen LogP contribution is 2.27. The molecule has 1 aromatic heterocycles. The first-order valence-electron chi connectivity index (χ1n) is 7.39. The molecule has 0 aromatic carbocycles. The van der Waals surface area contributed by atoms with Crippen LogP contribution in [0.5, 0.6) is 0 Å². The van der Waals surface area contributed by atoms with E-state index in [-0.39, 0.29) is 22.9 Å². The molecule has 1 amide bonds. The molecule has 0 aliphatic carbocycles. The van der Waals surface area contributed by atoms with Crippen molar-refractivity contribution >= 4 is 5.91 Å². The van der Waals surface area contributed by atoms with Crippen LogP contribution in [0.25, 0.3) is 0 Å². The van der Waals surface area contributed by atoms with Gasteiger partial charge in [-0.1, -0.05) is 6.42 Å². The Bertz CT molecular complexity index is 566. The lowest BCUT2D eigenvalue weighted by Gasteiger charge is -2.32. The van der Waals surface area contributed by atoms with Crippen LogP contribution in [-0.2, 0) is 0 Å². The first-order valence-corrected chi connectivity index (χ1v) is 7.39. The van der Waals surface area contributed by atoms with Crippen LogP contribution < -0.4 is 10.7 Å². The summed E-state index contributed by atoms with van der Waals surface area (Å²) in [7, 11) is 0. The lowest BCUT2D eigenvalue weighted by atomic mass is 9.99. The molecule has 108 valence electrons. The fraction of sp³-hybridized carbons (Fsp3) is 0.600. The third-order valence-corrected chi connectivity index (χ3v) is 4.47. The molecule has 2 atom stereocenters. The molecule has 1 aromatic rings. The highest BCUT2D eigenvalue weighted by molar-refractivity contribution is 5.94. The molecule has 5 nitrogen and oxygen atoms in total. The van der Waals surface area contributed by atoms with Gasteiger partial charge in [0.05, 0.1) is 0 Å². The molecule has 2 unspecified atom stereocenters. The molecule has 2 aliphatic rings. The van der Waals surface area contributed by atoms with Gasteiger partial charge in [-0.2, -0.15) is 0 Å². The number of carbonyl (C=O) groups is 1. The zero-order valence-corrected chi connectivity index (χ0v) is 11.8. The van der Waals surface area contributed by atoms with E-state index in [2.05, 4.69) is 15.2 Å². The number of H-pyrrole nitrogens is 1. The van der Waals surface area contributed by atoms with Crippen LogP contribution in [0.3, 0.4) is 0 Å². The number of fused-ring (bicyclic) bond motifs is 1. The summed E-state index contributed by atoms with van der Waals surface area (Å²) in [6, 6.07) is 2.11. The van der Waals surface area contributed by atoms with Gasteiger partial charge in [0.15, 0.2) is 5.43 Å². The van der Waals surface area contributed by atoms with Crippen LogP contribution in [0, 0.1) is 6.92 Å². The van der Waals surface area contributed by atoms with Crippen molar-refractivity contribution in [2.45, 2.75) is 44.7 Å². The van der Waals surface area contributed by atoms with Gasteiger partial charge >= 0.3 is 0 Å². The van der Waals surface area contributed by atoms with E-state index in [0.29, 0.717) is 6.04 Å². The summed E-state index contributed by atoms with van der Waals surface area (Å²) in [5.41, 5.74) is 0.771. The second-order valence-electron chi connectivity index (χ2n) is 5.86. The van der Waals surface area contributed by atoms with Gasteiger partial charge in [-0.3, -0.25) is 14.5 Å². The minimum atomic E-state index is -0.247. The highest BCUT2D eigenvalue weighted by atomic mass is 16.2. The molecule has 5 heteroatoms. The quantitative estimate of drug-likeness (QED) is 0.847. The maximum atomic E-state index is 12.3. The van der Waals surface area contributed by atoms with Crippen molar-refractivity contribution in [3.63, 3.8) is 0 Å². The van der Waals surface area contributed by atoms with E-state index < -0.39 is 0 Å². The van der Waals surface area contributed by atoms with Crippen molar-refractivity contribution < 1.29 is 4.79 Å². The fourth-order valence-corrected chi connectivity index (χ4v) is 3.41. The van der Waals surface area contributed by atoms with Crippen LogP contribution in [0.2, 0.25) is 0 Å². The predicted octanol–water partition coefficient (Wildman–Crippen LogP) is 1.04. The summed E-state index contributed by atoms with van der Waals surface area (Å²) in [6.07, 6.45) is 6.14. The molecule has 0 bridgehead atoms. The van der Waals surface area contributed by atoms with Crippen molar-refractivity contribution in [2.75, 3.05) is 13.1 Å². The molecule has 0 radical (unpaired) electrons. The number of nitrogens with one attached hydrogen (secondary N) is 2. The molecule has 0 spiro atoms. The summed E-state index contributed by atoms with van der Waals surface area (Å²) in [5.74, 6) is -0.247. The van der Waals surface area contributed by atoms with E-state index in [4.69, 9.17) is 0 Å². The number of hydrogen-bond acceptors (Lipinski definition) is 3. The average Bonchev–Trinajstić information content (AvgIpc) is 2.82. The number of carbonyl (C=O) groups excluding carboxylic acids is 1. The Labute approximate surface area is 118 Å². The third kappa shape index (κ3) is 2.50. The summed E-state index contributed by atoms with van der Waals surface area (Å²) < 4.78 is 0. The molecule has 2 N–H and O–H groups in total. The Morgan fingerprint density at radius 3 is 3.00 bits per heavy atom. The van der Waals surface area contributed by atoms with Crippen molar-refractivity contribution in [2.24, 2.45) is 0 Å². The molecule has 3 rings (SSSR count). The van der Waals surface area contributed by atoms with Gasteiger partial charge in [0.1, 0.15) is 5.56 Å². The normalized spacial score (nSPS) is 26.2. The van der Waals surface area contributed by atoms with E-state index in [1.807, 2.05) is 0 Å². The van der Waals surface area contributed by atoms with Gasteiger partial charge in [0.25, 0.3) is 5.91 Å². The number of pyridine rings is 1. The fourth-order valence-electron chi connectivity index (χ4n) is 3.41. The van der Waals surface area contributed by atoms with Crippen molar-refractivity contribution in [1.29, 1.82) is 0 Å². The maximum Gasteiger partial charge on any atom is 0.257 e. The van der Waals surface area contributed by atoms with Crippen LogP contribution in [0.1, 0.15) is 41.7 Å². The van der Waals surface area contributed by atoms with Gasteiger partial charge in [-0.15, -0.1) is 0 Å². The van der Waals surface area contributed by atoms with Gasteiger partial charge in [0, 0.05) is 36.6 Å².